The fourth-order valence-electron chi connectivity index (χ4n) is 2.03. The van der Waals surface area contributed by atoms with Gasteiger partial charge in [-0.1, -0.05) is 24.3 Å². The van der Waals surface area contributed by atoms with Gasteiger partial charge in [-0.2, -0.15) is 13.2 Å². The number of carbonyl (C=O) groups excluding carboxylic acids is 1. The molecule has 0 heterocycles. The molecule has 0 aliphatic carbocycles. The number of amides is 1. The van der Waals surface area contributed by atoms with Crippen molar-refractivity contribution >= 4 is 11.6 Å². The minimum Gasteiger partial charge on any atom is -0.381 e. The van der Waals surface area contributed by atoms with E-state index >= 15 is 0 Å². The summed E-state index contributed by atoms with van der Waals surface area (Å²) in [6.45, 7) is 1.32. The standard InChI is InChI=1S/C17H17F3N2O/c1-12-4-2-3-5-14(12)10-21-15-8-6-13(7-9-15)16(23)22-11-17(18,19)20/h2-9,21H,10-11H2,1H3,(H,22,23). The van der Waals surface area contributed by atoms with Gasteiger partial charge >= 0.3 is 6.18 Å². The van der Waals surface area contributed by atoms with Crippen LogP contribution in [0.2, 0.25) is 0 Å². The highest BCUT2D eigenvalue weighted by Gasteiger charge is 2.27. The molecule has 23 heavy (non-hydrogen) atoms. The highest BCUT2D eigenvalue weighted by Crippen LogP contribution is 2.15. The highest BCUT2D eigenvalue weighted by atomic mass is 19.4. The van der Waals surface area contributed by atoms with E-state index in [0.29, 0.717) is 6.54 Å². The first kappa shape index (κ1) is 16.9. The summed E-state index contributed by atoms with van der Waals surface area (Å²) in [5.41, 5.74) is 3.30. The van der Waals surface area contributed by atoms with Gasteiger partial charge in [0, 0.05) is 17.8 Å². The van der Waals surface area contributed by atoms with E-state index in [0.717, 1.165) is 11.3 Å². The van der Waals surface area contributed by atoms with Crippen molar-refractivity contribution in [2.75, 3.05) is 11.9 Å². The van der Waals surface area contributed by atoms with Crippen molar-refractivity contribution in [2.24, 2.45) is 0 Å². The number of alkyl halides is 3. The van der Waals surface area contributed by atoms with Gasteiger partial charge in [0.15, 0.2) is 0 Å². The van der Waals surface area contributed by atoms with Gasteiger partial charge in [-0.05, 0) is 42.3 Å². The van der Waals surface area contributed by atoms with Crippen molar-refractivity contribution in [1.82, 2.24) is 5.32 Å². The Morgan fingerprint density at radius 1 is 1.04 bits per heavy atom. The van der Waals surface area contributed by atoms with Crippen LogP contribution in [0.4, 0.5) is 18.9 Å². The lowest BCUT2D eigenvalue weighted by Gasteiger charge is -2.10. The van der Waals surface area contributed by atoms with Crippen molar-refractivity contribution in [1.29, 1.82) is 0 Å². The van der Waals surface area contributed by atoms with E-state index in [1.807, 2.05) is 36.5 Å². The number of hydrogen-bond donors (Lipinski definition) is 2. The van der Waals surface area contributed by atoms with Crippen molar-refractivity contribution in [3.8, 4) is 0 Å². The predicted molar refractivity (Wildman–Crippen MR) is 83.3 cm³/mol. The number of nitrogens with one attached hydrogen (secondary N) is 2. The van der Waals surface area contributed by atoms with E-state index in [4.69, 9.17) is 0 Å². The molecule has 2 rings (SSSR count). The fraction of sp³-hybridized carbons (Fsp3) is 0.235. The maximum atomic E-state index is 12.1. The molecule has 1 amide bonds. The molecule has 2 aromatic rings. The zero-order valence-electron chi connectivity index (χ0n) is 12.6. The van der Waals surface area contributed by atoms with Crippen LogP contribution in [0.3, 0.4) is 0 Å². The maximum Gasteiger partial charge on any atom is 0.405 e. The van der Waals surface area contributed by atoms with E-state index < -0.39 is 18.6 Å². The Morgan fingerprint density at radius 3 is 2.30 bits per heavy atom. The van der Waals surface area contributed by atoms with Crippen LogP contribution in [0.25, 0.3) is 0 Å². The third kappa shape index (κ3) is 5.32. The zero-order valence-corrected chi connectivity index (χ0v) is 12.6. The van der Waals surface area contributed by atoms with Gasteiger partial charge in [-0.25, -0.2) is 0 Å². The summed E-state index contributed by atoms with van der Waals surface area (Å²) in [5, 5.41) is 5.05. The minimum atomic E-state index is -4.41. The van der Waals surface area contributed by atoms with Crippen LogP contribution in [0.5, 0.6) is 0 Å². The van der Waals surface area contributed by atoms with Crippen molar-refractivity contribution in [2.45, 2.75) is 19.6 Å². The molecule has 0 saturated carbocycles. The Hall–Kier alpha value is -2.50. The lowest BCUT2D eigenvalue weighted by Crippen LogP contribution is -2.33. The van der Waals surface area contributed by atoms with Gasteiger partial charge in [-0.3, -0.25) is 4.79 Å². The second-order valence-electron chi connectivity index (χ2n) is 5.16. The number of aryl methyl sites for hydroxylation is 1. The van der Waals surface area contributed by atoms with Gasteiger partial charge in [-0.15, -0.1) is 0 Å². The summed E-state index contributed by atoms with van der Waals surface area (Å²) in [7, 11) is 0. The van der Waals surface area contributed by atoms with Crippen molar-refractivity contribution in [3.63, 3.8) is 0 Å². The van der Waals surface area contributed by atoms with Crippen LogP contribution in [0.15, 0.2) is 48.5 Å². The average Bonchev–Trinajstić information content (AvgIpc) is 2.52. The number of halogens is 3. The minimum absolute atomic E-state index is 0.190. The van der Waals surface area contributed by atoms with Crippen LogP contribution in [-0.2, 0) is 6.54 Å². The Bertz CT molecular complexity index is 666. The normalized spacial score (nSPS) is 11.1. The third-order valence-corrected chi connectivity index (χ3v) is 3.34. The number of hydrogen-bond acceptors (Lipinski definition) is 2. The number of benzene rings is 2. The number of rotatable bonds is 5. The molecule has 2 aromatic carbocycles. The molecule has 0 spiro atoms. The Balaban J connectivity index is 1.92. The molecule has 0 fully saturated rings. The predicted octanol–water partition coefficient (Wildman–Crippen LogP) is 3.90. The van der Waals surface area contributed by atoms with E-state index in [1.165, 1.54) is 17.7 Å². The first-order valence-corrected chi connectivity index (χ1v) is 7.08. The summed E-state index contributed by atoms with van der Waals surface area (Å²) in [6, 6.07) is 14.3. The summed E-state index contributed by atoms with van der Waals surface area (Å²) >= 11 is 0. The van der Waals surface area contributed by atoms with Crippen LogP contribution in [0.1, 0.15) is 21.5 Å². The van der Waals surface area contributed by atoms with Crippen LogP contribution in [-0.4, -0.2) is 18.6 Å². The largest absolute Gasteiger partial charge is 0.405 e. The first-order chi connectivity index (χ1) is 10.8. The molecule has 122 valence electrons. The molecule has 0 saturated heterocycles. The lowest BCUT2D eigenvalue weighted by atomic mass is 10.1. The Labute approximate surface area is 132 Å². The Kier molecular flexibility index (Phi) is 5.26. The summed E-state index contributed by atoms with van der Waals surface area (Å²) in [4.78, 5) is 11.6. The van der Waals surface area contributed by atoms with E-state index in [-0.39, 0.29) is 5.56 Å². The molecule has 0 aromatic heterocycles. The van der Waals surface area contributed by atoms with Crippen molar-refractivity contribution < 1.29 is 18.0 Å². The SMILES string of the molecule is Cc1ccccc1CNc1ccc(C(=O)NCC(F)(F)F)cc1. The second-order valence-corrected chi connectivity index (χ2v) is 5.16. The van der Waals surface area contributed by atoms with Gasteiger partial charge in [0.2, 0.25) is 0 Å². The average molecular weight is 322 g/mol. The van der Waals surface area contributed by atoms with Gasteiger partial charge in [0.05, 0.1) is 0 Å². The fourth-order valence-corrected chi connectivity index (χ4v) is 2.03. The van der Waals surface area contributed by atoms with Gasteiger partial charge in [0.25, 0.3) is 5.91 Å². The van der Waals surface area contributed by atoms with Crippen LogP contribution >= 0.6 is 0 Å². The lowest BCUT2D eigenvalue weighted by molar-refractivity contribution is -0.123. The monoisotopic (exact) mass is 322 g/mol. The highest BCUT2D eigenvalue weighted by molar-refractivity contribution is 5.94. The molecule has 0 atom stereocenters. The topological polar surface area (TPSA) is 41.1 Å². The Morgan fingerprint density at radius 2 is 1.70 bits per heavy atom. The van der Waals surface area contributed by atoms with Crippen LogP contribution in [0, 0.1) is 6.92 Å². The first-order valence-electron chi connectivity index (χ1n) is 7.08. The number of carbonyl (C=O) groups is 1. The number of anilines is 1. The molecular formula is C17H17F3N2O. The molecule has 3 nitrogen and oxygen atoms in total. The van der Waals surface area contributed by atoms with Gasteiger partial charge in [0.1, 0.15) is 6.54 Å². The van der Waals surface area contributed by atoms with Crippen molar-refractivity contribution in [3.05, 3.63) is 65.2 Å². The van der Waals surface area contributed by atoms with Gasteiger partial charge < -0.3 is 10.6 Å². The summed E-state index contributed by atoms with van der Waals surface area (Å²) in [5.74, 6) is -0.743. The zero-order chi connectivity index (χ0) is 16.9. The maximum absolute atomic E-state index is 12.1. The molecule has 0 bridgehead atoms. The molecule has 0 aliphatic rings. The molecule has 6 heteroatoms. The van der Waals surface area contributed by atoms with E-state index in [9.17, 15) is 18.0 Å². The quantitative estimate of drug-likeness (QED) is 0.876. The molecule has 2 N–H and O–H groups in total. The van der Waals surface area contributed by atoms with Crippen LogP contribution < -0.4 is 10.6 Å². The summed E-state index contributed by atoms with van der Waals surface area (Å²) < 4.78 is 36.2. The molecule has 0 radical (unpaired) electrons. The summed E-state index contributed by atoms with van der Waals surface area (Å²) in [6.07, 6.45) is -4.41. The smallest absolute Gasteiger partial charge is 0.381 e. The third-order valence-electron chi connectivity index (χ3n) is 3.34. The second kappa shape index (κ2) is 7.17. The molecule has 0 aliphatic heterocycles. The van der Waals surface area contributed by atoms with E-state index in [2.05, 4.69) is 5.32 Å². The molecular weight excluding hydrogens is 305 g/mol. The van der Waals surface area contributed by atoms with E-state index in [1.54, 1.807) is 12.1 Å². The molecule has 0 unspecified atom stereocenters.